The Balaban J connectivity index is 1.51. The minimum atomic E-state index is -4.32. The van der Waals surface area contributed by atoms with Gasteiger partial charge in [-0.25, -0.2) is 14.8 Å². The zero-order chi connectivity index (χ0) is 21.6. The molecular formula is C21H23F3N6O. The number of carbonyl (C=O) groups excluding carboxylic acids is 1. The van der Waals surface area contributed by atoms with Gasteiger partial charge >= 0.3 is 12.2 Å². The van der Waals surface area contributed by atoms with Gasteiger partial charge in [0.2, 0.25) is 0 Å². The number of pyridine rings is 2. The van der Waals surface area contributed by atoms with Crippen LogP contribution in [0.4, 0.5) is 41.1 Å². The van der Waals surface area contributed by atoms with Crippen LogP contribution >= 0.6 is 0 Å². The van der Waals surface area contributed by atoms with Gasteiger partial charge in [-0.05, 0) is 49.9 Å². The smallest absolute Gasteiger partial charge is 0.366 e. The summed E-state index contributed by atoms with van der Waals surface area (Å²) in [6.07, 6.45) is -0.469. The Bertz CT molecular complexity index is 969. The highest BCUT2D eigenvalue weighted by Crippen LogP contribution is 2.41. The van der Waals surface area contributed by atoms with Crippen LogP contribution in [0.5, 0.6) is 0 Å². The first-order valence-electron chi connectivity index (χ1n) is 10.5. The fourth-order valence-corrected chi connectivity index (χ4v) is 4.82. The molecule has 0 spiro atoms. The molecule has 1 N–H and O–H groups in total. The number of hydrogen-bond donors (Lipinski definition) is 1. The SMILES string of the molecule is O=C(Nc1ccccn1)N1c2nc(N3CCC[C@@H]3C(F)(F)F)ccc2N2CCCC1C2. The standard InChI is InChI=1S/C21H23F3N6O/c22-21(23,24)16-6-4-12-29(16)18-9-8-15-19(27-18)30(14-5-3-11-28(15)13-14)20(31)26-17-7-1-2-10-25-17/h1-2,7-10,14,16H,3-6,11-13H2,(H,25,26,31)/t14?,16-/m1/s1. The third kappa shape index (κ3) is 3.64. The molecule has 0 aliphatic carbocycles. The Labute approximate surface area is 177 Å². The number of aromatic nitrogens is 2. The van der Waals surface area contributed by atoms with Crippen molar-refractivity contribution in [2.75, 3.05) is 39.7 Å². The number of nitrogens with one attached hydrogen (secondary N) is 1. The van der Waals surface area contributed by atoms with Crippen molar-refractivity contribution in [1.82, 2.24) is 9.97 Å². The quantitative estimate of drug-likeness (QED) is 0.776. The average Bonchev–Trinajstić information content (AvgIpc) is 3.25. The number of nitrogens with zero attached hydrogens (tertiary/aromatic N) is 5. The second-order valence-electron chi connectivity index (χ2n) is 8.16. The van der Waals surface area contributed by atoms with E-state index in [2.05, 4.69) is 20.2 Å². The normalized spacial score (nSPS) is 23.0. The van der Waals surface area contributed by atoms with Gasteiger partial charge in [0, 0.05) is 25.8 Å². The molecule has 0 saturated carbocycles. The monoisotopic (exact) mass is 432 g/mol. The van der Waals surface area contributed by atoms with Gasteiger partial charge in [0.1, 0.15) is 17.7 Å². The van der Waals surface area contributed by atoms with Crippen LogP contribution in [0.1, 0.15) is 25.7 Å². The van der Waals surface area contributed by atoms with Gasteiger partial charge in [-0.1, -0.05) is 6.07 Å². The Morgan fingerprint density at radius 1 is 1.10 bits per heavy atom. The van der Waals surface area contributed by atoms with Gasteiger partial charge in [0.25, 0.3) is 0 Å². The van der Waals surface area contributed by atoms with E-state index in [0.29, 0.717) is 31.1 Å². The van der Waals surface area contributed by atoms with Crippen LogP contribution in [0.25, 0.3) is 0 Å². The maximum atomic E-state index is 13.5. The van der Waals surface area contributed by atoms with Gasteiger partial charge < -0.3 is 9.80 Å². The number of urea groups is 1. The fourth-order valence-electron chi connectivity index (χ4n) is 4.82. The molecule has 2 bridgehead atoms. The zero-order valence-electron chi connectivity index (χ0n) is 16.8. The summed E-state index contributed by atoms with van der Waals surface area (Å²) in [5.41, 5.74) is 0.777. The van der Waals surface area contributed by atoms with E-state index in [0.717, 1.165) is 25.1 Å². The van der Waals surface area contributed by atoms with Crippen LogP contribution in [0.2, 0.25) is 0 Å². The summed E-state index contributed by atoms with van der Waals surface area (Å²) in [4.78, 5) is 27.0. The lowest BCUT2D eigenvalue weighted by Gasteiger charge is -2.46. The van der Waals surface area contributed by atoms with Gasteiger partial charge in [-0.15, -0.1) is 0 Å². The molecule has 2 fully saturated rings. The van der Waals surface area contributed by atoms with Crippen LogP contribution in [0.15, 0.2) is 36.5 Å². The lowest BCUT2D eigenvalue weighted by Crippen LogP contribution is -2.56. The van der Waals surface area contributed by atoms with Crippen LogP contribution in [-0.2, 0) is 0 Å². The van der Waals surface area contributed by atoms with Crippen molar-refractivity contribution in [3.8, 4) is 0 Å². The van der Waals surface area contributed by atoms with Crippen LogP contribution in [-0.4, -0.2) is 53.9 Å². The topological polar surface area (TPSA) is 64.6 Å². The predicted molar refractivity (Wildman–Crippen MR) is 112 cm³/mol. The van der Waals surface area contributed by atoms with E-state index >= 15 is 0 Å². The average molecular weight is 432 g/mol. The summed E-state index contributed by atoms with van der Waals surface area (Å²) in [5, 5.41) is 2.80. The van der Waals surface area contributed by atoms with Gasteiger partial charge in [0.05, 0.1) is 11.7 Å². The first-order chi connectivity index (χ1) is 14.9. The molecule has 2 atom stereocenters. The molecular weight excluding hydrogens is 409 g/mol. The molecule has 31 heavy (non-hydrogen) atoms. The van der Waals surface area contributed by atoms with E-state index in [9.17, 15) is 18.0 Å². The maximum absolute atomic E-state index is 13.5. The zero-order valence-corrected chi connectivity index (χ0v) is 16.8. The highest BCUT2D eigenvalue weighted by molar-refractivity contribution is 6.04. The molecule has 1 unspecified atom stereocenters. The van der Waals surface area contributed by atoms with Crippen molar-refractivity contribution in [2.45, 2.75) is 43.9 Å². The summed E-state index contributed by atoms with van der Waals surface area (Å²) in [7, 11) is 0. The Morgan fingerprint density at radius 3 is 2.71 bits per heavy atom. The number of fused-ring (bicyclic) bond motifs is 4. The highest BCUT2D eigenvalue weighted by Gasteiger charge is 2.47. The number of rotatable bonds is 2. The van der Waals surface area contributed by atoms with E-state index < -0.39 is 12.2 Å². The largest absolute Gasteiger partial charge is 0.408 e. The molecule has 3 aliphatic heterocycles. The summed E-state index contributed by atoms with van der Waals surface area (Å²) >= 11 is 0. The molecule has 2 aromatic rings. The molecule has 5 heterocycles. The van der Waals surface area contributed by atoms with E-state index in [-0.39, 0.29) is 24.3 Å². The van der Waals surface area contributed by atoms with E-state index in [1.54, 1.807) is 41.4 Å². The number of alkyl halides is 3. The second kappa shape index (κ2) is 7.58. The molecule has 2 amide bonds. The van der Waals surface area contributed by atoms with Crippen molar-refractivity contribution in [3.63, 3.8) is 0 Å². The fraction of sp³-hybridized carbons (Fsp3) is 0.476. The first-order valence-corrected chi connectivity index (χ1v) is 10.5. The van der Waals surface area contributed by atoms with E-state index in [1.807, 2.05) is 0 Å². The summed E-state index contributed by atoms with van der Waals surface area (Å²) in [6.45, 7) is 1.82. The number of carbonyl (C=O) groups is 1. The van der Waals surface area contributed by atoms with Crippen LogP contribution in [0, 0.1) is 0 Å². The summed E-state index contributed by atoms with van der Waals surface area (Å²) < 4.78 is 40.5. The predicted octanol–water partition coefficient (Wildman–Crippen LogP) is 4.03. The van der Waals surface area contributed by atoms with Crippen LogP contribution in [0.3, 0.4) is 0 Å². The van der Waals surface area contributed by atoms with Crippen molar-refractivity contribution in [1.29, 1.82) is 0 Å². The lowest BCUT2D eigenvalue weighted by atomic mass is 10.00. The number of anilines is 4. The molecule has 0 radical (unpaired) electrons. The summed E-state index contributed by atoms with van der Waals surface area (Å²) in [5.74, 6) is 1.09. The number of hydrogen-bond acceptors (Lipinski definition) is 5. The van der Waals surface area contributed by atoms with Gasteiger partial charge in [0.15, 0.2) is 5.82 Å². The number of amides is 2. The number of piperidine rings is 1. The molecule has 10 heteroatoms. The summed E-state index contributed by atoms with van der Waals surface area (Å²) in [6, 6.07) is 6.66. The third-order valence-electron chi connectivity index (χ3n) is 6.21. The van der Waals surface area contributed by atoms with Crippen molar-refractivity contribution < 1.29 is 18.0 Å². The minimum absolute atomic E-state index is 0.0564. The number of halogens is 3. The minimum Gasteiger partial charge on any atom is -0.366 e. The van der Waals surface area contributed by atoms with Gasteiger partial charge in [-0.3, -0.25) is 10.2 Å². The maximum Gasteiger partial charge on any atom is 0.408 e. The Hall–Kier alpha value is -3.04. The molecule has 2 saturated heterocycles. The van der Waals surface area contributed by atoms with Crippen molar-refractivity contribution in [2.24, 2.45) is 0 Å². The van der Waals surface area contributed by atoms with Crippen LogP contribution < -0.4 is 20.0 Å². The Kier molecular flexibility index (Phi) is 4.86. The molecule has 164 valence electrons. The van der Waals surface area contributed by atoms with Gasteiger partial charge in [-0.2, -0.15) is 13.2 Å². The second-order valence-corrected chi connectivity index (χ2v) is 8.16. The van der Waals surface area contributed by atoms with E-state index in [1.165, 1.54) is 4.90 Å². The lowest BCUT2D eigenvalue weighted by molar-refractivity contribution is -0.146. The third-order valence-corrected chi connectivity index (χ3v) is 6.21. The van der Waals surface area contributed by atoms with E-state index in [4.69, 9.17) is 0 Å². The Morgan fingerprint density at radius 2 is 1.94 bits per heavy atom. The van der Waals surface area contributed by atoms with Crippen molar-refractivity contribution in [3.05, 3.63) is 36.5 Å². The molecule has 7 nitrogen and oxygen atoms in total. The highest BCUT2D eigenvalue weighted by atomic mass is 19.4. The van der Waals surface area contributed by atoms with Crippen molar-refractivity contribution >= 4 is 29.2 Å². The molecule has 0 aromatic carbocycles. The molecule has 3 aliphatic rings. The molecule has 5 rings (SSSR count). The first kappa shape index (κ1) is 19.9. The molecule has 2 aromatic heterocycles.